The van der Waals surface area contributed by atoms with Gasteiger partial charge >= 0.3 is 0 Å². The molecule has 0 spiro atoms. The molecule has 1 aliphatic heterocycles. The zero-order valence-corrected chi connectivity index (χ0v) is 22.0. The van der Waals surface area contributed by atoms with Gasteiger partial charge in [0, 0.05) is 44.5 Å². The number of hydrogen-bond donors (Lipinski definition) is 0. The van der Waals surface area contributed by atoms with Gasteiger partial charge in [-0.2, -0.15) is 0 Å². The van der Waals surface area contributed by atoms with Crippen LogP contribution in [0.25, 0.3) is 11.3 Å². The molecule has 0 N–H and O–H groups in total. The summed E-state index contributed by atoms with van der Waals surface area (Å²) < 4.78 is 31.8. The van der Waals surface area contributed by atoms with Gasteiger partial charge in [-0.05, 0) is 61.9 Å². The highest BCUT2D eigenvalue weighted by molar-refractivity contribution is 7.88. The molecule has 1 aliphatic rings. The van der Waals surface area contributed by atoms with Crippen LogP contribution in [0.3, 0.4) is 0 Å². The van der Waals surface area contributed by atoms with Gasteiger partial charge in [-0.3, -0.25) is 9.88 Å². The van der Waals surface area contributed by atoms with Crippen LogP contribution in [-0.2, 0) is 40.7 Å². The minimum absolute atomic E-state index is 0.173. The molecular weight excluding hydrogens is 434 g/mol. The van der Waals surface area contributed by atoms with Crippen molar-refractivity contribution in [2.24, 2.45) is 0 Å². The molecule has 7 heteroatoms. The summed E-state index contributed by atoms with van der Waals surface area (Å²) in [6, 6.07) is 8.56. The molecule has 182 valence electrons. The molecule has 0 aliphatic carbocycles. The van der Waals surface area contributed by atoms with E-state index in [1.165, 1.54) is 27.3 Å². The summed E-state index contributed by atoms with van der Waals surface area (Å²) in [7, 11) is -1.66. The molecule has 0 unspecified atom stereocenters. The van der Waals surface area contributed by atoms with E-state index in [2.05, 4.69) is 63.8 Å². The lowest BCUT2D eigenvalue weighted by Crippen LogP contribution is -2.45. The third-order valence-electron chi connectivity index (χ3n) is 6.51. The number of nitrogens with zero attached hydrogens (tertiary/aromatic N) is 3. The first kappa shape index (κ1) is 25.8. The van der Waals surface area contributed by atoms with Gasteiger partial charge in [0.05, 0.1) is 24.2 Å². The van der Waals surface area contributed by atoms with Crippen LogP contribution >= 0.6 is 0 Å². The fourth-order valence-electron chi connectivity index (χ4n) is 4.82. The maximum atomic E-state index is 12.2. The molecule has 6 nitrogen and oxygen atoms in total. The molecule has 2 aromatic rings. The van der Waals surface area contributed by atoms with Gasteiger partial charge in [-0.1, -0.05) is 32.0 Å². The molecule has 0 amide bonds. The van der Waals surface area contributed by atoms with E-state index in [4.69, 9.17) is 9.72 Å². The van der Waals surface area contributed by atoms with E-state index in [1.807, 2.05) is 0 Å². The highest BCUT2D eigenvalue weighted by atomic mass is 32.2. The molecule has 3 rings (SSSR count). The van der Waals surface area contributed by atoms with E-state index in [0.29, 0.717) is 6.54 Å². The van der Waals surface area contributed by atoms with Crippen molar-refractivity contribution in [3.05, 3.63) is 52.2 Å². The van der Waals surface area contributed by atoms with E-state index < -0.39 is 10.0 Å². The van der Waals surface area contributed by atoms with Gasteiger partial charge in [0.15, 0.2) is 0 Å². The average molecular weight is 474 g/mol. The minimum atomic E-state index is -3.31. The van der Waals surface area contributed by atoms with Crippen molar-refractivity contribution >= 4 is 10.0 Å². The van der Waals surface area contributed by atoms with Gasteiger partial charge in [0.1, 0.15) is 0 Å². The smallest absolute Gasteiger partial charge is 0.211 e. The molecule has 33 heavy (non-hydrogen) atoms. The van der Waals surface area contributed by atoms with Crippen LogP contribution in [0.2, 0.25) is 0 Å². The number of hydrogen-bond acceptors (Lipinski definition) is 5. The van der Waals surface area contributed by atoms with E-state index in [1.54, 1.807) is 7.05 Å². The zero-order chi connectivity index (χ0) is 24.3. The summed E-state index contributed by atoms with van der Waals surface area (Å²) in [6.07, 6.45) is 3.45. The molecule has 1 aromatic carbocycles. The number of aryl methyl sites for hydroxylation is 3. The fourth-order valence-corrected chi connectivity index (χ4v) is 5.19. The number of morpholine rings is 1. The van der Waals surface area contributed by atoms with E-state index in [0.717, 1.165) is 55.0 Å². The molecule has 2 heterocycles. The standard InChI is InChI=1S/C26H39N3O3S/c1-8-21-11-10-12-22(9-2)26(21)25-13-23(16-28(6)33(7,30)31)24(20(5)27-25)17-29-14-18(3)32-19(4)15-29/h10-13,18-19H,8-9,14-17H2,1-7H3/t18-,19-/m1/s1. The first-order valence-corrected chi connectivity index (χ1v) is 13.8. The SMILES string of the molecule is CCc1cccc(CC)c1-c1cc(CN(C)S(C)(=O)=O)c(CN2C[C@@H](C)O[C@H](C)C2)c(C)n1. The van der Waals surface area contributed by atoms with Crippen LogP contribution in [0.15, 0.2) is 24.3 Å². The Morgan fingerprint density at radius 3 is 2.18 bits per heavy atom. The Labute approximate surface area is 200 Å². The third-order valence-corrected chi connectivity index (χ3v) is 7.78. The first-order chi connectivity index (χ1) is 15.5. The molecule has 1 fully saturated rings. The quantitative estimate of drug-likeness (QED) is 0.575. The van der Waals surface area contributed by atoms with E-state index in [9.17, 15) is 8.42 Å². The molecule has 0 bridgehead atoms. The van der Waals surface area contributed by atoms with Crippen molar-refractivity contribution < 1.29 is 13.2 Å². The van der Waals surface area contributed by atoms with Crippen molar-refractivity contribution in [2.75, 3.05) is 26.4 Å². The largest absolute Gasteiger partial charge is 0.373 e. The molecule has 0 saturated carbocycles. The number of aromatic nitrogens is 1. The second kappa shape index (κ2) is 10.6. The lowest BCUT2D eigenvalue weighted by Gasteiger charge is -2.36. The number of rotatable bonds is 8. The Kier molecular flexibility index (Phi) is 8.32. The van der Waals surface area contributed by atoms with E-state index >= 15 is 0 Å². The number of sulfonamides is 1. The van der Waals surface area contributed by atoms with Gasteiger partial charge in [0.2, 0.25) is 10.0 Å². The van der Waals surface area contributed by atoms with Gasteiger partial charge < -0.3 is 4.74 Å². The zero-order valence-electron chi connectivity index (χ0n) is 21.2. The third kappa shape index (κ3) is 6.21. The van der Waals surface area contributed by atoms with Crippen molar-refractivity contribution in [3.8, 4) is 11.3 Å². The fraction of sp³-hybridized carbons (Fsp3) is 0.577. The molecule has 1 aromatic heterocycles. The Hall–Kier alpha value is -1.80. The molecule has 0 radical (unpaired) electrons. The summed E-state index contributed by atoms with van der Waals surface area (Å²) in [5.74, 6) is 0. The highest BCUT2D eigenvalue weighted by Gasteiger charge is 2.25. The monoisotopic (exact) mass is 473 g/mol. The second-order valence-corrected chi connectivity index (χ2v) is 11.4. The Balaban J connectivity index is 2.11. The lowest BCUT2D eigenvalue weighted by molar-refractivity contribution is -0.0706. The Morgan fingerprint density at radius 2 is 1.67 bits per heavy atom. The molecule has 1 saturated heterocycles. The summed E-state index contributed by atoms with van der Waals surface area (Å²) >= 11 is 0. The van der Waals surface area contributed by atoms with E-state index in [-0.39, 0.29) is 12.2 Å². The van der Waals surface area contributed by atoms with Crippen molar-refractivity contribution in [1.29, 1.82) is 0 Å². The summed E-state index contributed by atoms with van der Waals surface area (Å²) in [4.78, 5) is 7.46. The maximum Gasteiger partial charge on any atom is 0.211 e. The molecule has 2 atom stereocenters. The Bertz CT molecular complexity index is 1050. The van der Waals surface area contributed by atoms with Gasteiger partial charge in [-0.15, -0.1) is 0 Å². The highest BCUT2D eigenvalue weighted by Crippen LogP contribution is 2.31. The minimum Gasteiger partial charge on any atom is -0.373 e. The first-order valence-electron chi connectivity index (χ1n) is 11.9. The summed E-state index contributed by atoms with van der Waals surface area (Å²) in [5.41, 5.74) is 7.76. The maximum absolute atomic E-state index is 12.2. The predicted molar refractivity (Wildman–Crippen MR) is 135 cm³/mol. The van der Waals surface area contributed by atoms with Crippen LogP contribution in [0, 0.1) is 6.92 Å². The van der Waals surface area contributed by atoms with Gasteiger partial charge in [0.25, 0.3) is 0 Å². The normalized spacial score (nSPS) is 19.9. The summed E-state index contributed by atoms with van der Waals surface area (Å²) in [5, 5.41) is 0. The van der Waals surface area contributed by atoms with Crippen LogP contribution in [0.4, 0.5) is 0 Å². The van der Waals surface area contributed by atoms with Crippen LogP contribution < -0.4 is 0 Å². The Morgan fingerprint density at radius 1 is 1.09 bits per heavy atom. The van der Waals surface area contributed by atoms with Crippen LogP contribution in [0.5, 0.6) is 0 Å². The average Bonchev–Trinajstić information content (AvgIpc) is 2.73. The topological polar surface area (TPSA) is 62.7 Å². The van der Waals surface area contributed by atoms with Crippen molar-refractivity contribution in [2.45, 2.75) is 72.8 Å². The summed E-state index contributed by atoms with van der Waals surface area (Å²) in [6.45, 7) is 13.4. The number of ether oxygens (including phenoxy) is 1. The van der Waals surface area contributed by atoms with Gasteiger partial charge in [-0.25, -0.2) is 12.7 Å². The van der Waals surface area contributed by atoms with Crippen molar-refractivity contribution in [1.82, 2.24) is 14.2 Å². The lowest BCUT2D eigenvalue weighted by atomic mass is 9.92. The number of pyridine rings is 1. The second-order valence-electron chi connectivity index (χ2n) is 9.36. The van der Waals surface area contributed by atoms with Crippen LogP contribution in [0.1, 0.15) is 55.6 Å². The van der Waals surface area contributed by atoms with Crippen LogP contribution in [-0.4, -0.2) is 61.2 Å². The predicted octanol–water partition coefficient (Wildman–Crippen LogP) is 4.18. The molecular formula is C26H39N3O3S. The van der Waals surface area contributed by atoms with Crippen molar-refractivity contribution in [3.63, 3.8) is 0 Å². The number of benzene rings is 1.